The predicted molar refractivity (Wildman–Crippen MR) is 118 cm³/mol. The average molecular weight is 411 g/mol. The third-order valence-electron chi connectivity index (χ3n) is 6.47. The molecule has 2 aliphatic heterocycles. The van der Waals surface area contributed by atoms with Crippen LogP contribution in [0.3, 0.4) is 0 Å². The van der Waals surface area contributed by atoms with E-state index in [1.807, 2.05) is 37.3 Å². The first-order valence-corrected chi connectivity index (χ1v) is 11.4. The monoisotopic (exact) mass is 410 g/mol. The lowest BCUT2D eigenvalue weighted by atomic mass is 9.93. The fourth-order valence-electron chi connectivity index (χ4n) is 4.86. The number of nitrogens with zero attached hydrogens (tertiary/aromatic N) is 3. The van der Waals surface area contributed by atoms with Crippen molar-refractivity contribution in [2.24, 2.45) is 5.92 Å². The number of hydrogen-bond acceptors (Lipinski definition) is 5. The number of amides is 1. The Morgan fingerprint density at radius 3 is 2.43 bits per heavy atom. The number of likely N-dealkylation sites (tertiary alicyclic amines) is 2. The molecule has 2 fully saturated rings. The van der Waals surface area contributed by atoms with Crippen molar-refractivity contribution in [3.05, 3.63) is 47.7 Å². The van der Waals surface area contributed by atoms with E-state index in [-0.39, 0.29) is 11.9 Å². The van der Waals surface area contributed by atoms with Crippen molar-refractivity contribution in [1.29, 1.82) is 0 Å². The molecule has 3 heterocycles. The Balaban J connectivity index is 1.39. The molecule has 1 aromatic heterocycles. The normalized spacial score (nSPS) is 20.6. The van der Waals surface area contributed by atoms with Gasteiger partial charge in [0.2, 0.25) is 5.91 Å². The van der Waals surface area contributed by atoms with Gasteiger partial charge in [-0.1, -0.05) is 48.3 Å². The molecule has 162 valence electrons. The smallest absolute Gasteiger partial charge is 0.247 e. The molecule has 2 aromatic rings. The lowest BCUT2D eigenvalue weighted by Gasteiger charge is -2.38. The third-order valence-corrected chi connectivity index (χ3v) is 6.47. The van der Waals surface area contributed by atoms with Gasteiger partial charge in [-0.2, -0.15) is 0 Å². The Morgan fingerprint density at radius 2 is 1.80 bits per heavy atom. The van der Waals surface area contributed by atoms with Crippen molar-refractivity contribution < 1.29 is 9.32 Å². The molecule has 6 nitrogen and oxygen atoms in total. The highest BCUT2D eigenvalue weighted by Crippen LogP contribution is 2.29. The summed E-state index contributed by atoms with van der Waals surface area (Å²) in [6, 6.07) is 11.5. The summed E-state index contributed by atoms with van der Waals surface area (Å²) in [5, 5.41) is 6.88. The molecule has 30 heavy (non-hydrogen) atoms. The van der Waals surface area contributed by atoms with Crippen LogP contribution < -0.4 is 5.32 Å². The highest BCUT2D eigenvalue weighted by molar-refractivity contribution is 5.94. The zero-order valence-corrected chi connectivity index (χ0v) is 18.1. The standard InChI is InChI=1S/C24H34N4O2/c1-19-17-22(26-30-19)25-24(29)23(21-9-5-4-6-10-21)28-15-11-20(12-16-28)18-27-13-7-2-3-8-14-27/h4-6,9-10,17,20,23H,2-3,7-8,11-16,18H2,1H3,(H,25,26,29). The van der Waals surface area contributed by atoms with E-state index in [1.54, 1.807) is 6.07 Å². The van der Waals surface area contributed by atoms with Crippen LogP contribution >= 0.6 is 0 Å². The Labute approximate surface area is 179 Å². The van der Waals surface area contributed by atoms with Gasteiger partial charge in [0.25, 0.3) is 0 Å². The van der Waals surface area contributed by atoms with Crippen molar-refractivity contribution >= 4 is 11.7 Å². The molecule has 0 saturated carbocycles. The topological polar surface area (TPSA) is 61.6 Å². The number of aryl methyl sites for hydroxylation is 1. The average Bonchev–Trinajstić information content (AvgIpc) is 2.99. The van der Waals surface area contributed by atoms with Crippen LogP contribution in [0.25, 0.3) is 0 Å². The van der Waals surface area contributed by atoms with Gasteiger partial charge in [-0.3, -0.25) is 9.69 Å². The zero-order chi connectivity index (χ0) is 20.8. The van der Waals surface area contributed by atoms with Gasteiger partial charge in [0.15, 0.2) is 5.82 Å². The molecule has 4 rings (SSSR count). The summed E-state index contributed by atoms with van der Waals surface area (Å²) in [5.74, 6) is 1.86. The molecule has 1 amide bonds. The van der Waals surface area contributed by atoms with Crippen molar-refractivity contribution in [2.45, 2.75) is 51.5 Å². The lowest BCUT2D eigenvalue weighted by Crippen LogP contribution is -2.44. The van der Waals surface area contributed by atoms with E-state index in [0.29, 0.717) is 11.6 Å². The van der Waals surface area contributed by atoms with Gasteiger partial charge in [-0.15, -0.1) is 0 Å². The van der Waals surface area contributed by atoms with Gasteiger partial charge in [0.1, 0.15) is 11.8 Å². The van der Waals surface area contributed by atoms with Crippen LogP contribution in [0.15, 0.2) is 40.9 Å². The van der Waals surface area contributed by atoms with Crippen LogP contribution in [0.4, 0.5) is 5.82 Å². The quantitative estimate of drug-likeness (QED) is 0.771. The number of anilines is 1. The molecular formula is C24H34N4O2. The summed E-state index contributed by atoms with van der Waals surface area (Å²) in [6.45, 7) is 7.45. The summed E-state index contributed by atoms with van der Waals surface area (Å²) < 4.78 is 5.11. The number of hydrogen-bond donors (Lipinski definition) is 1. The van der Waals surface area contributed by atoms with E-state index in [2.05, 4.69) is 20.3 Å². The number of aromatic nitrogens is 1. The molecular weight excluding hydrogens is 376 g/mol. The molecule has 0 aliphatic carbocycles. The minimum atomic E-state index is -0.303. The first kappa shape index (κ1) is 21.1. The maximum atomic E-state index is 13.2. The van der Waals surface area contributed by atoms with Crippen molar-refractivity contribution in [3.8, 4) is 0 Å². The largest absolute Gasteiger partial charge is 0.360 e. The molecule has 1 N–H and O–H groups in total. The number of rotatable bonds is 6. The maximum absolute atomic E-state index is 13.2. The Bertz CT molecular complexity index is 791. The number of benzene rings is 1. The van der Waals surface area contributed by atoms with Crippen LogP contribution in [0, 0.1) is 12.8 Å². The summed E-state index contributed by atoms with van der Waals surface area (Å²) in [6.07, 6.45) is 7.75. The summed E-state index contributed by atoms with van der Waals surface area (Å²) in [5.41, 5.74) is 1.03. The van der Waals surface area contributed by atoms with Gasteiger partial charge in [0.05, 0.1) is 0 Å². The van der Waals surface area contributed by atoms with Crippen LogP contribution in [0.1, 0.15) is 55.9 Å². The van der Waals surface area contributed by atoms with Crippen LogP contribution in [0.5, 0.6) is 0 Å². The number of carbonyl (C=O) groups excluding carboxylic acids is 1. The number of piperidine rings is 1. The summed E-state index contributed by atoms with van der Waals surface area (Å²) >= 11 is 0. The van der Waals surface area contributed by atoms with E-state index in [1.165, 1.54) is 45.3 Å². The minimum absolute atomic E-state index is 0.0412. The van der Waals surface area contributed by atoms with E-state index < -0.39 is 0 Å². The molecule has 1 unspecified atom stereocenters. The number of nitrogens with one attached hydrogen (secondary N) is 1. The van der Waals surface area contributed by atoms with E-state index in [9.17, 15) is 4.79 Å². The molecule has 0 radical (unpaired) electrons. The maximum Gasteiger partial charge on any atom is 0.247 e. The van der Waals surface area contributed by atoms with Crippen LogP contribution in [0.2, 0.25) is 0 Å². The van der Waals surface area contributed by atoms with Crippen LogP contribution in [-0.4, -0.2) is 53.6 Å². The second-order valence-corrected chi connectivity index (χ2v) is 8.82. The van der Waals surface area contributed by atoms with Crippen molar-refractivity contribution in [3.63, 3.8) is 0 Å². The first-order chi connectivity index (χ1) is 14.7. The third kappa shape index (κ3) is 5.49. The molecule has 2 saturated heterocycles. The Hall–Kier alpha value is -2.18. The lowest BCUT2D eigenvalue weighted by molar-refractivity contribution is -0.122. The van der Waals surface area contributed by atoms with Crippen molar-refractivity contribution in [1.82, 2.24) is 15.0 Å². The van der Waals surface area contributed by atoms with Gasteiger partial charge < -0.3 is 14.7 Å². The zero-order valence-electron chi connectivity index (χ0n) is 18.1. The second kappa shape index (κ2) is 10.2. The van der Waals surface area contributed by atoms with Gasteiger partial charge in [-0.05, 0) is 70.3 Å². The highest BCUT2D eigenvalue weighted by atomic mass is 16.5. The summed E-state index contributed by atoms with van der Waals surface area (Å²) in [4.78, 5) is 18.2. The van der Waals surface area contributed by atoms with Gasteiger partial charge in [-0.25, -0.2) is 0 Å². The molecule has 0 spiro atoms. The molecule has 6 heteroatoms. The summed E-state index contributed by atoms with van der Waals surface area (Å²) in [7, 11) is 0. The SMILES string of the molecule is Cc1cc(NC(=O)C(c2ccccc2)N2CCC(CN3CCCCCC3)CC2)no1. The predicted octanol–water partition coefficient (Wildman–Crippen LogP) is 4.25. The second-order valence-electron chi connectivity index (χ2n) is 8.82. The Morgan fingerprint density at radius 1 is 1.10 bits per heavy atom. The molecule has 1 aromatic carbocycles. The molecule has 0 bridgehead atoms. The van der Waals surface area contributed by atoms with Gasteiger partial charge >= 0.3 is 0 Å². The fourth-order valence-corrected chi connectivity index (χ4v) is 4.86. The van der Waals surface area contributed by atoms with E-state index in [0.717, 1.165) is 37.4 Å². The van der Waals surface area contributed by atoms with Crippen molar-refractivity contribution in [2.75, 3.05) is 38.0 Å². The highest BCUT2D eigenvalue weighted by Gasteiger charge is 2.32. The number of carbonyl (C=O) groups is 1. The molecule has 1 atom stereocenters. The van der Waals surface area contributed by atoms with Gasteiger partial charge in [0, 0.05) is 12.6 Å². The molecule has 2 aliphatic rings. The van der Waals surface area contributed by atoms with E-state index >= 15 is 0 Å². The van der Waals surface area contributed by atoms with Crippen LogP contribution in [-0.2, 0) is 4.79 Å². The Kier molecular flexibility index (Phi) is 7.18. The first-order valence-electron chi connectivity index (χ1n) is 11.4. The minimum Gasteiger partial charge on any atom is -0.360 e. The fraction of sp³-hybridized carbons (Fsp3) is 0.583. The van der Waals surface area contributed by atoms with E-state index in [4.69, 9.17) is 4.52 Å².